The van der Waals surface area contributed by atoms with Gasteiger partial charge >= 0.3 is 5.63 Å². The van der Waals surface area contributed by atoms with Gasteiger partial charge in [-0.15, -0.1) is 0 Å². The molecule has 0 spiro atoms. The average Bonchev–Trinajstić information content (AvgIpc) is 3.22. The highest BCUT2D eigenvalue weighted by atomic mass is 16.5. The summed E-state index contributed by atoms with van der Waals surface area (Å²) in [5, 5.41) is 0.943. The van der Waals surface area contributed by atoms with E-state index in [1.165, 1.54) is 11.3 Å². The zero-order valence-corrected chi connectivity index (χ0v) is 16.2. The summed E-state index contributed by atoms with van der Waals surface area (Å²) in [4.78, 5) is 14.7. The maximum atomic E-state index is 12.2. The zero-order valence-electron chi connectivity index (χ0n) is 16.2. The molecular formula is C24H22N2O3. The van der Waals surface area contributed by atoms with E-state index in [1.54, 1.807) is 19.2 Å². The molecule has 4 aromatic rings. The lowest BCUT2D eigenvalue weighted by atomic mass is 9.98. The van der Waals surface area contributed by atoms with Gasteiger partial charge in [0, 0.05) is 49.0 Å². The maximum Gasteiger partial charge on any atom is 0.336 e. The van der Waals surface area contributed by atoms with Crippen molar-refractivity contribution >= 4 is 11.0 Å². The normalized spacial score (nSPS) is 16.7. The van der Waals surface area contributed by atoms with Crippen molar-refractivity contribution in [3.8, 4) is 5.75 Å². The van der Waals surface area contributed by atoms with Crippen LogP contribution in [0.4, 0.5) is 0 Å². The van der Waals surface area contributed by atoms with E-state index in [-0.39, 0.29) is 11.7 Å². The van der Waals surface area contributed by atoms with Crippen molar-refractivity contribution in [2.75, 3.05) is 13.7 Å². The molecule has 1 aliphatic heterocycles. The van der Waals surface area contributed by atoms with Crippen LogP contribution in [0.5, 0.6) is 5.75 Å². The maximum absolute atomic E-state index is 12.2. The summed E-state index contributed by atoms with van der Waals surface area (Å²) in [5.41, 5.74) is 3.72. The quantitative estimate of drug-likeness (QED) is 0.493. The van der Waals surface area contributed by atoms with Crippen molar-refractivity contribution in [2.45, 2.75) is 19.1 Å². The molecule has 5 nitrogen and oxygen atoms in total. The van der Waals surface area contributed by atoms with E-state index in [9.17, 15) is 4.79 Å². The molecule has 1 atom stereocenters. The molecule has 0 fully saturated rings. The first kappa shape index (κ1) is 17.8. The Morgan fingerprint density at radius 3 is 2.72 bits per heavy atom. The lowest BCUT2D eigenvalue weighted by Crippen LogP contribution is -2.38. The minimum Gasteiger partial charge on any atom is -0.497 e. The minimum atomic E-state index is -0.336. The third-order valence-electron chi connectivity index (χ3n) is 5.66. The summed E-state index contributed by atoms with van der Waals surface area (Å²) in [6, 6.07) is 22.2. The van der Waals surface area contributed by atoms with Crippen molar-refractivity contribution < 1.29 is 9.15 Å². The molecule has 2 aromatic heterocycles. The third-order valence-corrected chi connectivity index (χ3v) is 5.66. The van der Waals surface area contributed by atoms with Crippen LogP contribution in [0.25, 0.3) is 11.0 Å². The number of nitrogens with zero attached hydrogens (tertiary/aromatic N) is 2. The summed E-state index contributed by atoms with van der Waals surface area (Å²) in [6.45, 7) is 2.50. The molecule has 0 aliphatic carbocycles. The first-order valence-electron chi connectivity index (χ1n) is 9.78. The first-order valence-corrected chi connectivity index (χ1v) is 9.78. The van der Waals surface area contributed by atoms with Crippen molar-refractivity contribution in [3.05, 3.63) is 100 Å². The van der Waals surface area contributed by atoms with Crippen LogP contribution in [0.2, 0.25) is 0 Å². The monoisotopic (exact) mass is 386 g/mol. The first-order chi connectivity index (χ1) is 14.2. The van der Waals surface area contributed by atoms with Crippen LogP contribution in [0, 0.1) is 0 Å². The highest BCUT2D eigenvalue weighted by Gasteiger charge is 2.29. The summed E-state index contributed by atoms with van der Waals surface area (Å²) in [7, 11) is 1.61. The van der Waals surface area contributed by atoms with Gasteiger partial charge in [-0.25, -0.2) is 4.79 Å². The molecule has 0 radical (unpaired) electrons. The number of hydrogen-bond donors (Lipinski definition) is 0. The van der Waals surface area contributed by atoms with Crippen LogP contribution in [-0.2, 0) is 13.1 Å². The number of hydrogen-bond acceptors (Lipinski definition) is 4. The van der Waals surface area contributed by atoms with E-state index >= 15 is 0 Å². The Morgan fingerprint density at radius 1 is 1.03 bits per heavy atom. The van der Waals surface area contributed by atoms with Gasteiger partial charge in [-0.2, -0.15) is 0 Å². The molecule has 3 heterocycles. The minimum absolute atomic E-state index is 0.139. The van der Waals surface area contributed by atoms with E-state index in [4.69, 9.17) is 9.15 Å². The average molecular weight is 386 g/mol. The van der Waals surface area contributed by atoms with Crippen LogP contribution in [-0.4, -0.2) is 23.1 Å². The smallest absolute Gasteiger partial charge is 0.336 e. The van der Waals surface area contributed by atoms with Gasteiger partial charge in [-0.05, 0) is 35.4 Å². The Labute approximate surface area is 168 Å². The second-order valence-electron chi connectivity index (χ2n) is 7.36. The number of benzene rings is 2. The molecule has 0 amide bonds. The Hall–Kier alpha value is -3.31. The van der Waals surface area contributed by atoms with E-state index in [0.29, 0.717) is 17.9 Å². The van der Waals surface area contributed by atoms with Crippen molar-refractivity contribution in [3.63, 3.8) is 0 Å². The molecule has 1 aliphatic rings. The predicted molar refractivity (Wildman–Crippen MR) is 112 cm³/mol. The molecule has 29 heavy (non-hydrogen) atoms. The van der Waals surface area contributed by atoms with Gasteiger partial charge in [0.1, 0.15) is 11.3 Å². The second-order valence-corrected chi connectivity index (χ2v) is 7.36. The summed E-state index contributed by atoms with van der Waals surface area (Å²) in [6.07, 6.45) is 2.14. The Balaban J connectivity index is 1.58. The fourth-order valence-electron chi connectivity index (χ4n) is 4.31. The van der Waals surface area contributed by atoms with Crippen LogP contribution < -0.4 is 10.4 Å². The number of ether oxygens (including phenoxy) is 1. The highest BCUT2D eigenvalue weighted by molar-refractivity contribution is 5.81. The topological polar surface area (TPSA) is 47.6 Å². The van der Waals surface area contributed by atoms with Crippen molar-refractivity contribution in [1.29, 1.82) is 0 Å². The number of fused-ring (bicyclic) bond motifs is 2. The van der Waals surface area contributed by atoms with Gasteiger partial charge in [0.25, 0.3) is 0 Å². The molecule has 5 heteroatoms. The second kappa shape index (κ2) is 7.26. The van der Waals surface area contributed by atoms with E-state index < -0.39 is 0 Å². The molecule has 5 rings (SSSR count). The standard InChI is InChI=1S/C24H22N2O3/c1-28-19-9-10-20-18(14-23(27)29-22(20)15-19)16-26-13-12-25-11-5-8-21(25)24(26)17-6-3-2-4-7-17/h2-11,14-15,24H,12-13,16H2,1H3. The van der Waals surface area contributed by atoms with E-state index in [0.717, 1.165) is 24.0 Å². The molecule has 0 bridgehead atoms. The number of aromatic nitrogens is 1. The van der Waals surface area contributed by atoms with Crippen LogP contribution in [0.15, 0.2) is 82.1 Å². The molecule has 0 N–H and O–H groups in total. The fourth-order valence-corrected chi connectivity index (χ4v) is 4.31. The summed E-state index contributed by atoms with van der Waals surface area (Å²) in [5.74, 6) is 0.677. The van der Waals surface area contributed by atoms with Gasteiger partial charge in [0.15, 0.2) is 0 Å². The predicted octanol–water partition coefficient (Wildman–Crippen LogP) is 4.21. The van der Waals surface area contributed by atoms with Gasteiger partial charge < -0.3 is 13.7 Å². The van der Waals surface area contributed by atoms with Crippen molar-refractivity contribution in [2.24, 2.45) is 0 Å². The summed E-state index contributed by atoms with van der Waals surface area (Å²) < 4.78 is 13.0. The van der Waals surface area contributed by atoms with Crippen LogP contribution in [0.1, 0.15) is 22.9 Å². The number of methoxy groups -OCH3 is 1. The Kier molecular flexibility index (Phi) is 4.45. The SMILES string of the molecule is COc1ccc2c(CN3CCn4cccc4C3c3ccccc3)cc(=O)oc2c1. The zero-order chi connectivity index (χ0) is 19.8. The summed E-state index contributed by atoms with van der Waals surface area (Å²) >= 11 is 0. The van der Waals surface area contributed by atoms with Crippen LogP contribution >= 0.6 is 0 Å². The Bertz CT molecular complexity index is 1210. The molecular weight excluding hydrogens is 364 g/mol. The molecule has 146 valence electrons. The van der Waals surface area contributed by atoms with E-state index in [2.05, 4.69) is 52.1 Å². The van der Waals surface area contributed by atoms with Gasteiger partial charge in [-0.1, -0.05) is 30.3 Å². The molecule has 0 saturated carbocycles. The molecule has 2 aromatic carbocycles. The molecule has 0 saturated heterocycles. The van der Waals surface area contributed by atoms with Crippen LogP contribution in [0.3, 0.4) is 0 Å². The van der Waals surface area contributed by atoms with Gasteiger partial charge in [0.2, 0.25) is 0 Å². The number of rotatable bonds is 4. The lowest BCUT2D eigenvalue weighted by molar-refractivity contribution is 0.175. The van der Waals surface area contributed by atoms with E-state index in [1.807, 2.05) is 18.2 Å². The third kappa shape index (κ3) is 3.23. The van der Waals surface area contributed by atoms with Crippen molar-refractivity contribution in [1.82, 2.24) is 9.47 Å². The largest absolute Gasteiger partial charge is 0.497 e. The Morgan fingerprint density at radius 2 is 1.90 bits per heavy atom. The van der Waals surface area contributed by atoms with Gasteiger partial charge in [0.05, 0.1) is 13.2 Å². The molecule has 1 unspecified atom stereocenters. The lowest BCUT2D eigenvalue weighted by Gasteiger charge is -2.37. The highest BCUT2D eigenvalue weighted by Crippen LogP contribution is 2.34. The van der Waals surface area contributed by atoms with Gasteiger partial charge in [-0.3, -0.25) is 4.90 Å². The fraction of sp³-hybridized carbons (Fsp3) is 0.208.